The zero-order valence-corrected chi connectivity index (χ0v) is 26.7. The zero-order chi connectivity index (χ0) is 32.1. The molecular weight excluding hydrogens is 591 g/mol. The van der Waals surface area contributed by atoms with E-state index in [-0.39, 0.29) is 0 Å². The minimum atomic E-state index is 1.18. The quantitative estimate of drug-likeness (QED) is 0.185. The topological polar surface area (TPSA) is 4.93 Å². The van der Waals surface area contributed by atoms with Crippen LogP contribution in [0.1, 0.15) is 33.4 Å². The number of allylic oxidation sites excluding steroid dienone is 2. The van der Waals surface area contributed by atoms with Crippen LogP contribution in [0.25, 0.3) is 71.3 Å². The van der Waals surface area contributed by atoms with Crippen molar-refractivity contribution < 1.29 is 0 Å². The van der Waals surface area contributed by atoms with E-state index in [1.807, 2.05) is 0 Å². The van der Waals surface area contributed by atoms with Gasteiger partial charge < -0.3 is 4.57 Å². The van der Waals surface area contributed by atoms with Crippen LogP contribution in [-0.2, 0) is 0 Å². The van der Waals surface area contributed by atoms with E-state index >= 15 is 0 Å². The first-order chi connectivity index (χ1) is 24.3. The molecule has 0 unspecified atom stereocenters. The summed E-state index contributed by atoms with van der Waals surface area (Å²) in [6.07, 6.45) is 0. The average molecular weight is 620 g/mol. The Bertz CT molecular complexity index is 2900. The second kappa shape index (κ2) is 10.0. The van der Waals surface area contributed by atoms with Crippen LogP contribution in [-0.4, -0.2) is 4.57 Å². The van der Waals surface area contributed by atoms with Gasteiger partial charge in [0.05, 0.1) is 11.0 Å². The molecular formula is C48H29N. The highest BCUT2D eigenvalue weighted by atomic mass is 15.0. The summed E-state index contributed by atoms with van der Waals surface area (Å²) in [6, 6.07) is 64.8. The summed E-state index contributed by atoms with van der Waals surface area (Å²) in [5.41, 5.74) is 16.8. The van der Waals surface area contributed by atoms with Crippen LogP contribution < -0.4 is 0 Å². The second-order valence-corrected chi connectivity index (χ2v) is 13.2. The minimum Gasteiger partial charge on any atom is -0.309 e. The molecule has 0 saturated heterocycles. The van der Waals surface area contributed by atoms with Crippen molar-refractivity contribution in [3.8, 4) is 5.69 Å². The molecule has 0 radical (unpaired) electrons. The predicted octanol–water partition coefficient (Wildman–Crippen LogP) is 12.3. The number of hydrogen-bond acceptors (Lipinski definition) is 0. The third-order valence-corrected chi connectivity index (χ3v) is 10.7. The van der Waals surface area contributed by atoms with Gasteiger partial charge >= 0.3 is 0 Å². The third-order valence-electron chi connectivity index (χ3n) is 10.7. The van der Waals surface area contributed by atoms with E-state index in [2.05, 4.69) is 180 Å². The molecule has 2 aliphatic rings. The molecule has 0 N–H and O–H groups in total. The monoisotopic (exact) mass is 619 g/mol. The lowest BCUT2D eigenvalue weighted by molar-refractivity contribution is 1.18. The fraction of sp³-hybridized carbons (Fsp3) is 0. The first-order valence-electron chi connectivity index (χ1n) is 17.0. The largest absolute Gasteiger partial charge is 0.309 e. The van der Waals surface area contributed by atoms with Crippen LogP contribution in [0.3, 0.4) is 0 Å². The number of rotatable bonds is 3. The lowest BCUT2D eigenvalue weighted by atomic mass is 9.87. The molecule has 0 bridgehead atoms. The summed E-state index contributed by atoms with van der Waals surface area (Å²) in [7, 11) is 0. The van der Waals surface area contributed by atoms with E-state index in [0.29, 0.717) is 0 Å². The number of hydrogen-bond donors (Lipinski definition) is 0. The molecule has 2 aliphatic carbocycles. The maximum atomic E-state index is 2.45. The lowest BCUT2D eigenvalue weighted by Gasteiger charge is -2.16. The molecule has 0 spiro atoms. The van der Waals surface area contributed by atoms with E-state index in [4.69, 9.17) is 0 Å². The normalized spacial score (nSPS) is 13.6. The molecule has 226 valence electrons. The van der Waals surface area contributed by atoms with E-state index in [0.717, 1.165) is 0 Å². The van der Waals surface area contributed by atoms with Crippen molar-refractivity contribution in [1.29, 1.82) is 0 Å². The van der Waals surface area contributed by atoms with Gasteiger partial charge in [-0.25, -0.2) is 0 Å². The third kappa shape index (κ3) is 3.65. The molecule has 1 heterocycles. The zero-order valence-electron chi connectivity index (χ0n) is 26.7. The Balaban J connectivity index is 1.30. The fourth-order valence-electron chi connectivity index (χ4n) is 8.70. The van der Waals surface area contributed by atoms with Crippen molar-refractivity contribution in [3.05, 3.63) is 209 Å². The fourth-order valence-corrected chi connectivity index (χ4v) is 8.70. The van der Waals surface area contributed by atoms with Gasteiger partial charge in [0.2, 0.25) is 0 Å². The highest BCUT2D eigenvalue weighted by Crippen LogP contribution is 2.60. The van der Waals surface area contributed by atoms with Gasteiger partial charge in [-0.2, -0.15) is 0 Å². The van der Waals surface area contributed by atoms with E-state index in [9.17, 15) is 0 Å². The Hall–Kier alpha value is -6.44. The van der Waals surface area contributed by atoms with Crippen molar-refractivity contribution in [3.63, 3.8) is 0 Å². The highest BCUT2D eigenvalue weighted by Gasteiger charge is 2.39. The van der Waals surface area contributed by atoms with Gasteiger partial charge in [0.15, 0.2) is 0 Å². The number of para-hydroxylation sites is 2. The maximum Gasteiger partial charge on any atom is 0.0541 e. The number of fused-ring (bicyclic) bond motifs is 12. The molecule has 11 rings (SSSR count). The molecule has 0 amide bonds. The van der Waals surface area contributed by atoms with Crippen molar-refractivity contribution in [2.45, 2.75) is 0 Å². The summed E-state index contributed by atoms with van der Waals surface area (Å²) in [5, 5.41) is 7.67. The Kier molecular flexibility index (Phi) is 5.45. The molecule has 8 aromatic carbocycles. The standard InChI is InChI=1S/C48H29N/c1-3-15-32(16-4-1)43-45-35-19-9-7-13-30(35)23-26-38(45)48-44(46-36-20-10-8-14-31(36)24-27-39(46)47(43)48)33-25-28-42-40(29-33)37-21-11-12-22-41(37)49(42)34-17-5-2-6-18-34/h1-29H. The Labute approximate surface area is 284 Å². The first kappa shape index (κ1) is 26.6. The van der Waals surface area contributed by atoms with Crippen molar-refractivity contribution in [2.75, 3.05) is 0 Å². The molecule has 1 heteroatoms. The summed E-state index contributed by atoms with van der Waals surface area (Å²) in [6.45, 7) is 0. The molecule has 1 aromatic heterocycles. The molecule has 49 heavy (non-hydrogen) atoms. The Morgan fingerprint density at radius 3 is 1.47 bits per heavy atom. The first-order valence-corrected chi connectivity index (χ1v) is 17.0. The van der Waals surface area contributed by atoms with Gasteiger partial charge in [0.25, 0.3) is 0 Å². The average Bonchev–Trinajstić information content (AvgIpc) is 3.81. The van der Waals surface area contributed by atoms with Gasteiger partial charge in [-0.15, -0.1) is 0 Å². The molecule has 0 fully saturated rings. The van der Waals surface area contributed by atoms with Gasteiger partial charge in [0, 0.05) is 16.5 Å². The summed E-state index contributed by atoms with van der Waals surface area (Å²) >= 11 is 0. The maximum absolute atomic E-state index is 2.45. The van der Waals surface area contributed by atoms with Crippen LogP contribution in [0, 0.1) is 0 Å². The van der Waals surface area contributed by atoms with Crippen LogP contribution >= 0.6 is 0 Å². The Morgan fingerprint density at radius 2 is 0.816 bits per heavy atom. The predicted molar refractivity (Wildman–Crippen MR) is 207 cm³/mol. The highest BCUT2D eigenvalue weighted by molar-refractivity contribution is 6.38. The number of aromatic nitrogens is 1. The number of benzene rings is 8. The van der Waals surface area contributed by atoms with E-state index < -0.39 is 0 Å². The minimum absolute atomic E-state index is 1.18. The van der Waals surface area contributed by atoms with Gasteiger partial charge in [0.1, 0.15) is 0 Å². The lowest BCUT2D eigenvalue weighted by Crippen LogP contribution is -1.95. The van der Waals surface area contributed by atoms with E-state index in [1.54, 1.807) is 0 Å². The smallest absolute Gasteiger partial charge is 0.0541 e. The summed E-state index contributed by atoms with van der Waals surface area (Å²) in [5.74, 6) is 0. The Morgan fingerprint density at radius 1 is 0.306 bits per heavy atom. The van der Waals surface area contributed by atoms with Gasteiger partial charge in [-0.1, -0.05) is 146 Å². The van der Waals surface area contributed by atoms with Crippen LogP contribution in [0.4, 0.5) is 0 Å². The molecule has 9 aromatic rings. The van der Waals surface area contributed by atoms with Gasteiger partial charge in [-0.05, 0) is 108 Å². The SMILES string of the molecule is c1ccc(C2=C3C(=C(c4ccc5c(c4)c4ccccc4n5-c4ccccc4)c4c3ccc3ccccc43)c3ccc4ccccc4c32)cc1. The second-order valence-electron chi connectivity index (χ2n) is 13.2. The van der Waals surface area contributed by atoms with Crippen molar-refractivity contribution in [2.24, 2.45) is 0 Å². The molecule has 0 aliphatic heterocycles. The van der Waals surface area contributed by atoms with Crippen LogP contribution in [0.5, 0.6) is 0 Å². The molecule has 1 nitrogen and oxygen atoms in total. The molecule has 0 saturated carbocycles. The van der Waals surface area contributed by atoms with Crippen molar-refractivity contribution in [1.82, 2.24) is 4.57 Å². The van der Waals surface area contributed by atoms with Crippen molar-refractivity contribution >= 4 is 65.6 Å². The summed E-state index contributed by atoms with van der Waals surface area (Å²) < 4.78 is 2.40. The summed E-state index contributed by atoms with van der Waals surface area (Å²) in [4.78, 5) is 0. The van der Waals surface area contributed by atoms with Crippen LogP contribution in [0.2, 0.25) is 0 Å². The molecule has 0 atom stereocenters. The van der Waals surface area contributed by atoms with Gasteiger partial charge in [-0.3, -0.25) is 0 Å². The number of nitrogens with zero attached hydrogens (tertiary/aromatic N) is 1. The van der Waals surface area contributed by atoms with E-state index in [1.165, 1.54) is 105 Å². The van der Waals surface area contributed by atoms with Crippen LogP contribution in [0.15, 0.2) is 176 Å².